The molecule has 1 nitrogen and oxygen atoms in total. The molecule has 0 radical (unpaired) electrons. The Hall–Kier alpha value is -0.330. The van der Waals surface area contributed by atoms with E-state index in [-0.39, 0.29) is 5.92 Å². The van der Waals surface area contributed by atoms with Gasteiger partial charge in [0.05, 0.1) is 0 Å². The molecule has 0 bridgehead atoms. The molecule has 0 amide bonds. The number of hydrogen-bond acceptors (Lipinski definition) is 1. The van der Waals surface area contributed by atoms with Gasteiger partial charge < -0.3 is 0 Å². The van der Waals surface area contributed by atoms with Gasteiger partial charge in [-0.25, -0.2) is 0 Å². The average Bonchev–Trinajstić information content (AvgIpc) is 2.57. The van der Waals surface area contributed by atoms with Crippen LogP contribution in [0.4, 0.5) is 0 Å². The van der Waals surface area contributed by atoms with Gasteiger partial charge in [0.2, 0.25) is 0 Å². The molecule has 0 aromatic heterocycles. The number of carbonyl (C=O) groups is 1. The highest BCUT2D eigenvalue weighted by atomic mass is 16.1. The van der Waals surface area contributed by atoms with Gasteiger partial charge in [0.15, 0.2) is 0 Å². The molecule has 0 spiro atoms. The normalized spacial score (nSPS) is 12.7. The first-order chi connectivity index (χ1) is 11.2. The maximum atomic E-state index is 12.6. The highest BCUT2D eigenvalue weighted by molar-refractivity contribution is 5.83. The summed E-state index contributed by atoms with van der Waals surface area (Å²) >= 11 is 0. The van der Waals surface area contributed by atoms with Crippen molar-refractivity contribution >= 4 is 5.78 Å². The van der Waals surface area contributed by atoms with Crippen molar-refractivity contribution in [2.45, 2.75) is 124 Å². The monoisotopic (exact) mass is 324 g/mol. The summed E-state index contributed by atoms with van der Waals surface area (Å²) in [7, 11) is 0. The minimum Gasteiger partial charge on any atom is -0.299 e. The van der Waals surface area contributed by atoms with Gasteiger partial charge in [-0.15, -0.1) is 0 Å². The van der Waals surface area contributed by atoms with Crippen LogP contribution >= 0.6 is 0 Å². The van der Waals surface area contributed by atoms with Gasteiger partial charge in [0, 0.05) is 11.8 Å². The van der Waals surface area contributed by atoms with Crippen LogP contribution in [-0.2, 0) is 4.79 Å². The smallest absolute Gasteiger partial charge is 0.138 e. The number of unbranched alkanes of at least 4 members (excludes halogenated alkanes) is 10. The van der Waals surface area contributed by atoms with E-state index >= 15 is 0 Å². The molecule has 0 aliphatic heterocycles. The lowest BCUT2D eigenvalue weighted by Crippen LogP contribution is -2.21. The van der Waals surface area contributed by atoms with Gasteiger partial charge in [-0.2, -0.15) is 0 Å². The van der Waals surface area contributed by atoms with Crippen LogP contribution in [0.15, 0.2) is 0 Å². The summed E-state index contributed by atoms with van der Waals surface area (Å²) in [5.41, 5.74) is 0. The molecule has 0 aliphatic carbocycles. The lowest BCUT2D eigenvalue weighted by atomic mass is 9.84. The van der Waals surface area contributed by atoms with Gasteiger partial charge in [-0.1, -0.05) is 105 Å². The SMILES string of the molecule is CCCCCCCCC(CCCCCCCC)C(=O)C(C)CC. The molecule has 138 valence electrons. The summed E-state index contributed by atoms with van der Waals surface area (Å²) in [6.07, 6.45) is 19.3. The van der Waals surface area contributed by atoms with E-state index in [1.165, 1.54) is 77.0 Å². The molecule has 1 heteroatoms. The largest absolute Gasteiger partial charge is 0.299 e. The van der Waals surface area contributed by atoms with E-state index in [1.807, 2.05) is 0 Å². The first-order valence-corrected chi connectivity index (χ1v) is 10.7. The molecule has 1 unspecified atom stereocenters. The third-order valence-corrected chi connectivity index (χ3v) is 5.31. The van der Waals surface area contributed by atoms with Crippen molar-refractivity contribution in [2.24, 2.45) is 11.8 Å². The Morgan fingerprint density at radius 3 is 1.43 bits per heavy atom. The summed E-state index contributed by atoms with van der Waals surface area (Å²) < 4.78 is 0. The number of Topliss-reactive ketones (excluding diaryl/α,β-unsaturated/α-hetero) is 1. The molecule has 0 rings (SSSR count). The summed E-state index contributed by atoms with van der Waals surface area (Å²) in [6.45, 7) is 8.80. The predicted molar refractivity (Wildman–Crippen MR) is 104 cm³/mol. The van der Waals surface area contributed by atoms with Crippen LogP contribution in [-0.4, -0.2) is 5.78 Å². The molecule has 0 aromatic rings. The Labute approximate surface area is 147 Å². The average molecular weight is 325 g/mol. The van der Waals surface area contributed by atoms with Gasteiger partial charge in [-0.05, 0) is 19.3 Å². The summed E-state index contributed by atoms with van der Waals surface area (Å²) in [6, 6.07) is 0. The Morgan fingerprint density at radius 2 is 1.04 bits per heavy atom. The Bertz CT molecular complexity index is 243. The van der Waals surface area contributed by atoms with Crippen LogP contribution < -0.4 is 0 Å². The van der Waals surface area contributed by atoms with Crippen LogP contribution in [0.1, 0.15) is 124 Å². The zero-order valence-corrected chi connectivity index (χ0v) is 16.7. The summed E-state index contributed by atoms with van der Waals surface area (Å²) in [4.78, 5) is 12.6. The fourth-order valence-electron chi connectivity index (χ4n) is 3.37. The third kappa shape index (κ3) is 12.7. The van der Waals surface area contributed by atoms with Crippen molar-refractivity contribution in [3.05, 3.63) is 0 Å². The maximum Gasteiger partial charge on any atom is 0.138 e. The van der Waals surface area contributed by atoms with Crippen molar-refractivity contribution in [3.63, 3.8) is 0 Å². The zero-order valence-electron chi connectivity index (χ0n) is 16.7. The van der Waals surface area contributed by atoms with Crippen molar-refractivity contribution in [2.75, 3.05) is 0 Å². The number of carbonyl (C=O) groups excluding carboxylic acids is 1. The second-order valence-electron chi connectivity index (χ2n) is 7.52. The van der Waals surface area contributed by atoms with Crippen molar-refractivity contribution < 1.29 is 4.79 Å². The molecule has 0 saturated heterocycles. The van der Waals surface area contributed by atoms with Gasteiger partial charge in [-0.3, -0.25) is 4.79 Å². The van der Waals surface area contributed by atoms with Crippen molar-refractivity contribution in [1.29, 1.82) is 0 Å². The van der Waals surface area contributed by atoms with E-state index in [2.05, 4.69) is 27.7 Å². The highest BCUT2D eigenvalue weighted by Crippen LogP contribution is 2.24. The molecule has 0 heterocycles. The lowest BCUT2D eigenvalue weighted by molar-refractivity contribution is -0.126. The standard InChI is InChI=1S/C22H44O/c1-5-8-10-12-14-16-18-21(22(23)20(4)7-3)19-17-15-13-11-9-6-2/h20-21H,5-19H2,1-4H3. The fraction of sp³-hybridized carbons (Fsp3) is 0.955. The van der Waals surface area contributed by atoms with Gasteiger partial charge in [0.25, 0.3) is 0 Å². The molecule has 0 aliphatic rings. The predicted octanol–water partition coefficient (Wildman–Crippen LogP) is 7.72. The maximum absolute atomic E-state index is 12.6. The van der Waals surface area contributed by atoms with Crippen molar-refractivity contribution in [1.82, 2.24) is 0 Å². The van der Waals surface area contributed by atoms with E-state index in [0.717, 1.165) is 19.3 Å². The first-order valence-electron chi connectivity index (χ1n) is 10.7. The van der Waals surface area contributed by atoms with E-state index < -0.39 is 0 Å². The molecular weight excluding hydrogens is 280 g/mol. The molecule has 0 aromatic carbocycles. The van der Waals surface area contributed by atoms with E-state index in [9.17, 15) is 4.79 Å². The second kappa shape index (κ2) is 16.5. The van der Waals surface area contributed by atoms with Crippen LogP contribution in [0.25, 0.3) is 0 Å². The Balaban J connectivity index is 4.01. The van der Waals surface area contributed by atoms with Crippen molar-refractivity contribution in [3.8, 4) is 0 Å². The molecule has 23 heavy (non-hydrogen) atoms. The zero-order chi connectivity index (χ0) is 17.3. The fourth-order valence-corrected chi connectivity index (χ4v) is 3.37. The number of hydrogen-bond donors (Lipinski definition) is 0. The quantitative estimate of drug-likeness (QED) is 0.250. The van der Waals surface area contributed by atoms with Crippen LogP contribution in [0.2, 0.25) is 0 Å². The van der Waals surface area contributed by atoms with E-state index in [0.29, 0.717) is 11.7 Å². The summed E-state index contributed by atoms with van der Waals surface area (Å²) in [5.74, 6) is 1.16. The highest BCUT2D eigenvalue weighted by Gasteiger charge is 2.21. The number of rotatable bonds is 17. The first kappa shape index (κ1) is 22.7. The lowest BCUT2D eigenvalue weighted by Gasteiger charge is -2.19. The van der Waals surface area contributed by atoms with Crippen LogP contribution in [0, 0.1) is 11.8 Å². The molecule has 0 N–H and O–H groups in total. The van der Waals surface area contributed by atoms with E-state index in [1.54, 1.807) is 0 Å². The minimum atomic E-state index is 0.264. The minimum absolute atomic E-state index is 0.264. The molecular formula is C22H44O. The number of ketones is 1. The second-order valence-corrected chi connectivity index (χ2v) is 7.52. The van der Waals surface area contributed by atoms with Crippen LogP contribution in [0.5, 0.6) is 0 Å². The van der Waals surface area contributed by atoms with Gasteiger partial charge in [0.1, 0.15) is 5.78 Å². The molecule has 0 fully saturated rings. The summed E-state index contributed by atoms with van der Waals surface area (Å²) in [5, 5.41) is 0. The third-order valence-electron chi connectivity index (χ3n) is 5.31. The molecule has 1 atom stereocenters. The van der Waals surface area contributed by atoms with E-state index in [4.69, 9.17) is 0 Å². The Kier molecular flexibility index (Phi) is 16.3. The topological polar surface area (TPSA) is 17.1 Å². The Morgan fingerprint density at radius 1 is 0.652 bits per heavy atom. The van der Waals surface area contributed by atoms with Gasteiger partial charge >= 0.3 is 0 Å². The van der Waals surface area contributed by atoms with Crippen LogP contribution in [0.3, 0.4) is 0 Å². The molecule has 0 saturated carbocycles.